The Bertz CT molecular complexity index is 375. The number of rotatable bonds is 5. The van der Waals surface area contributed by atoms with Crippen LogP contribution in [0.3, 0.4) is 0 Å². The molecule has 1 saturated carbocycles. The van der Waals surface area contributed by atoms with Crippen molar-refractivity contribution in [1.82, 2.24) is 20.3 Å². The number of aromatic nitrogens is 3. The molecule has 0 saturated heterocycles. The second-order valence-electron chi connectivity index (χ2n) is 4.34. The third-order valence-corrected chi connectivity index (χ3v) is 2.93. The molecule has 0 radical (unpaired) electrons. The summed E-state index contributed by atoms with van der Waals surface area (Å²) in [7, 11) is 0. The van der Waals surface area contributed by atoms with E-state index in [-0.39, 0.29) is 5.91 Å². The Balaban J connectivity index is 1.82. The van der Waals surface area contributed by atoms with E-state index in [0.29, 0.717) is 24.7 Å². The number of carbonyl (C=O) groups excluding carboxylic acids is 1. The van der Waals surface area contributed by atoms with Gasteiger partial charge in [0.2, 0.25) is 0 Å². The first-order valence-corrected chi connectivity index (χ1v) is 5.59. The molecule has 0 bridgehead atoms. The molecule has 1 heterocycles. The van der Waals surface area contributed by atoms with Gasteiger partial charge in [0.15, 0.2) is 5.69 Å². The predicted octanol–water partition coefficient (Wildman–Crippen LogP) is -0.377. The van der Waals surface area contributed by atoms with Crippen molar-refractivity contribution in [2.45, 2.75) is 19.9 Å². The van der Waals surface area contributed by atoms with Gasteiger partial charge in [-0.3, -0.25) is 9.48 Å². The maximum atomic E-state index is 11.6. The second kappa shape index (κ2) is 4.61. The van der Waals surface area contributed by atoms with Gasteiger partial charge in [-0.15, -0.1) is 5.10 Å². The van der Waals surface area contributed by atoms with Gasteiger partial charge in [0.1, 0.15) is 0 Å². The molecule has 6 nitrogen and oxygen atoms in total. The largest absolute Gasteiger partial charge is 0.350 e. The lowest BCUT2D eigenvalue weighted by Gasteiger charge is -2.00. The number of nitrogens with two attached hydrogens (primary N) is 1. The van der Waals surface area contributed by atoms with Crippen molar-refractivity contribution in [1.29, 1.82) is 0 Å². The molecule has 0 spiro atoms. The van der Waals surface area contributed by atoms with Crippen LogP contribution in [-0.2, 0) is 6.54 Å². The van der Waals surface area contributed by atoms with Gasteiger partial charge in [-0.2, -0.15) is 0 Å². The molecule has 1 aliphatic carbocycles. The molecule has 1 aromatic rings. The summed E-state index contributed by atoms with van der Waals surface area (Å²) in [5.41, 5.74) is 5.74. The monoisotopic (exact) mass is 223 g/mol. The maximum absolute atomic E-state index is 11.6. The van der Waals surface area contributed by atoms with Crippen LogP contribution in [0.1, 0.15) is 23.8 Å². The smallest absolute Gasteiger partial charge is 0.273 e. The fraction of sp³-hybridized carbons (Fsp3) is 0.700. The van der Waals surface area contributed by atoms with E-state index >= 15 is 0 Å². The van der Waals surface area contributed by atoms with Crippen LogP contribution in [0.2, 0.25) is 0 Å². The van der Waals surface area contributed by atoms with Gasteiger partial charge in [0, 0.05) is 13.1 Å². The molecular weight excluding hydrogens is 206 g/mol. The van der Waals surface area contributed by atoms with Crippen molar-refractivity contribution >= 4 is 5.91 Å². The highest BCUT2D eigenvalue weighted by atomic mass is 16.2. The Morgan fingerprint density at radius 1 is 1.75 bits per heavy atom. The van der Waals surface area contributed by atoms with Crippen LogP contribution >= 0.6 is 0 Å². The molecule has 1 aromatic heterocycles. The molecule has 1 amide bonds. The van der Waals surface area contributed by atoms with Crippen molar-refractivity contribution in [3.05, 3.63) is 11.9 Å². The van der Waals surface area contributed by atoms with E-state index in [1.54, 1.807) is 10.9 Å². The summed E-state index contributed by atoms with van der Waals surface area (Å²) in [6.45, 7) is 4.00. The van der Waals surface area contributed by atoms with Gasteiger partial charge >= 0.3 is 0 Å². The van der Waals surface area contributed by atoms with Gasteiger partial charge in [-0.05, 0) is 18.3 Å². The first-order valence-electron chi connectivity index (χ1n) is 5.59. The zero-order valence-electron chi connectivity index (χ0n) is 9.39. The molecule has 2 unspecified atom stereocenters. The minimum absolute atomic E-state index is 0.151. The lowest BCUT2D eigenvalue weighted by molar-refractivity contribution is 0.0946. The number of carbonyl (C=O) groups is 1. The van der Waals surface area contributed by atoms with Crippen LogP contribution < -0.4 is 11.1 Å². The molecule has 3 N–H and O–H groups in total. The third kappa shape index (κ3) is 2.57. The second-order valence-corrected chi connectivity index (χ2v) is 4.34. The molecule has 6 heteroatoms. The van der Waals surface area contributed by atoms with Gasteiger partial charge < -0.3 is 11.1 Å². The van der Waals surface area contributed by atoms with Crippen LogP contribution in [0.15, 0.2) is 6.20 Å². The minimum atomic E-state index is -0.151. The summed E-state index contributed by atoms with van der Waals surface area (Å²) >= 11 is 0. The summed E-state index contributed by atoms with van der Waals surface area (Å²) in [5, 5.41) is 10.5. The highest BCUT2D eigenvalue weighted by molar-refractivity contribution is 5.91. The normalized spacial score (nSPS) is 23.1. The van der Waals surface area contributed by atoms with Crippen molar-refractivity contribution in [2.75, 3.05) is 13.1 Å². The Labute approximate surface area is 94.2 Å². The number of hydrogen-bond donors (Lipinski definition) is 2. The third-order valence-electron chi connectivity index (χ3n) is 2.93. The first kappa shape index (κ1) is 11.1. The lowest BCUT2D eigenvalue weighted by atomic mass is 10.3. The van der Waals surface area contributed by atoms with E-state index in [9.17, 15) is 4.79 Å². The molecule has 2 rings (SSSR count). The minimum Gasteiger partial charge on any atom is -0.350 e. The lowest BCUT2D eigenvalue weighted by Crippen LogP contribution is -2.26. The molecule has 0 aromatic carbocycles. The topological polar surface area (TPSA) is 85.8 Å². The quantitative estimate of drug-likeness (QED) is 0.712. The summed E-state index contributed by atoms with van der Waals surface area (Å²) < 4.78 is 1.58. The molecule has 0 aliphatic heterocycles. The molecular formula is C10H17N5O. The van der Waals surface area contributed by atoms with Gasteiger partial charge in [-0.1, -0.05) is 12.1 Å². The average Bonchev–Trinajstić information content (AvgIpc) is 2.78. The molecule has 1 fully saturated rings. The summed E-state index contributed by atoms with van der Waals surface area (Å²) in [6, 6.07) is 0. The number of nitrogens with one attached hydrogen (secondary N) is 1. The van der Waals surface area contributed by atoms with Gasteiger partial charge in [0.25, 0.3) is 5.91 Å². The Kier molecular flexibility index (Phi) is 3.19. The van der Waals surface area contributed by atoms with Gasteiger partial charge in [0.05, 0.1) is 12.7 Å². The van der Waals surface area contributed by atoms with E-state index < -0.39 is 0 Å². The van der Waals surface area contributed by atoms with E-state index in [0.717, 1.165) is 12.5 Å². The Morgan fingerprint density at radius 2 is 2.50 bits per heavy atom. The highest BCUT2D eigenvalue weighted by Gasteiger charge is 2.32. The molecule has 88 valence electrons. The van der Waals surface area contributed by atoms with Crippen LogP contribution in [-0.4, -0.2) is 34.0 Å². The van der Waals surface area contributed by atoms with Crippen molar-refractivity contribution in [3.8, 4) is 0 Å². The summed E-state index contributed by atoms with van der Waals surface area (Å²) in [5.74, 6) is 1.23. The number of hydrogen-bond acceptors (Lipinski definition) is 4. The fourth-order valence-corrected chi connectivity index (χ4v) is 1.64. The van der Waals surface area contributed by atoms with E-state index in [1.807, 2.05) is 0 Å². The Hall–Kier alpha value is -1.43. The van der Waals surface area contributed by atoms with Crippen LogP contribution in [0, 0.1) is 11.8 Å². The fourth-order valence-electron chi connectivity index (χ4n) is 1.64. The molecule has 2 atom stereocenters. The number of amides is 1. The van der Waals surface area contributed by atoms with Crippen molar-refractivity contribution < 1.29 is 4.79 Å². The summed E-state index contributed by atoms with van der Waals surface area (Å²) in [4.78, 5) is 11.6. The SMILES string of the molecule is CC1CC1CNC(=O)c1cn(CCN)nn1. The standard InChI is InChI=1S/C10H17N5O/c1-7-4-8(7)5-12-10(16)9-6-15(3-2-11)14-13-9/h6-8H,2-5,11H2,1H3,(H,12,16). The predicted molar refractivity (Wildman–Crippen MR) is 58.7 cm³/mol. The number of nitrogens with zero attached hydrogens (tertiary/aromatic N) is 3. The van der Waals surface area contributed by atoms with Crippen LogP contribution in [0.25, 0.3) is 0 Å². The zero-order chi connectivity index (χ0) is 11.5. The highest BCUT2D eigenvalue weighted by Crippen LogP contribution is 2.36. The molecule has 16 heavy (non-hydrogen) atoms. The summed E-state index contributed by atoms with van der Waals surface area (Å²) in [6.07, 6.45) is 2.83. The maximum Gasteiger partial charge on any atom is 0.273 e. The zero-order valence-corrected chi connectivity index (χ0v) is 9.39. The van der Waals surface area contributed by atoms with Crippen LogP contribution in [0.4, 0.5) is 0 Å². The van der Waals surface area contributed by atoms with Crippen molar-refractivity contribution in [3.63, 3.8) is 0 Å². The van der Waals surface area contributed by atoms with Crippen LogP contribution in [0.5, 0.6) is 0 Å². The first-order chi connectivity index (χ1) is 7.70. The average molecular weight is 223 g/mol. The van der Waals surface area contributed by atoms with E-state index in [1.165, 1.54) is 6.42 Å². The Morgan fingerprint density at radius 3 is 3.12 bits per heavy atom. The van der Waals surface area contributed by atoms with Gasteiger partial charge in [-0.25, -0.2) is 0 Å². The van der Waals surface area contributed by atoms with Crippen molar-refractivity contribution in [2.24, 2.45) is 17.6 Å². The van der Waals surface area contributed by atoms with E-state index in [2.05, 4.69) is 22.6 Å². The van der Waals surface area contributed by atoms with E-state index in [4.69, 9.17) is 5.73 Å². The molecule has 1 aliphatic rings.